The molecule has 0 amide bonds. The fourth-order valence-corrected chi connectivity index (χ4v) is 2.43. The summed E-state index contributed by atoms with van der Waals surface area (Å²) in [6.45, 7) is 4.74. The van der Waals surface area contributed by atoms with Gasteiger partial charge in [-0.25, -0.2) is 0 Å². The van der Waals surface area contributed by atoms with Gasteiger partial charge in [0, 0.05) is 22.6 Å². The summed E-state index contributed by atoms with van der Waals surface area (Å²) < 4.78 is 0. The molecule has 84 valence electrons. The van der Waals surface area contributed by atoms with E-state index in [0.717, 1.165) is 6.42 Å². The highest BCUT2D eigenvalue weighted by atomic mass is 32.1. The molecular formula is C12H19NOS. The van der Waals surface area contributed by atoms with Gasteiger partial charge in [-0.15, -0.1) is 11.3 Å². The van der Waals surface area contributed by atoms with Gasteiger partial charge in [0.15, 0.2) is 0 Å². The number of nitrogens with two attached hydrogens (primary N) is 1. The van der Waals surface area contributed by atoms with Crippen molar-refractivity contribution in [2.24, 2.45) is 11.7 Å². The highest BCUT2D eigenvalue weighted by molar-refractivity contribution is 7.12. The van der Waals surface area contributed by atoms with Crippen LogP contribution in [-0.4, -0.2) is 12.3 Å². The third-order valence-electron chi connectivity index (χ3n) is 2.42. The van der Waals surface area contributed by atoms with Gasteiger partial charge in [-0.3, -0.25) is 4.79 Å². The Balaban J connectivity index is 2.44. The fourth-order valence-electron chi connectivity index (χ4n) is 1.45. The Kier molecular flexibility index (Phi) is 4.99. The summed E-state index contributed by atoms with van der Waals surface area (Å²) in [7, 11) is 0. The number of carbonyl (C=O) groups excluding carboxylic acids is 1. The molecule has 0 saturated carbocycles. The highest BCUT2D eigenvalue weighted by Crippen LogP contribution is 2.18. The first kappa shape index (κ1) is 12.4. The zero-order valence-corrected chi connectivity index (χ0v) is 10.3. The molecular weight excluding hydrogens is 206 g/mol. The molecule has 0 fully saturated rings. The van der Waals surface area contributed by atoms with Crippen molar-refractivity contribution in [1.82, 2.24) is 0 Å². The number of hydrogen-bond acceptors (Lipinski definition) is 3. The second-order valence-electron chi connectivity index (χ2n) is 3.98. The smallest absolute Gasteiger partial charge is 0.138 e. The first-order valence-corrected chi connectivity index (χ1v) is 6.26. The normalized spacial score (nSPS) is 12.7. The van der Waals surface area contributed by atoms with Gasteiger partial charge < -0.3 is 5.73 Å². The fraction of sp³-hybridized carbons (Fsp3) is 0.583. The van der Waals surface area contributed by atoms with Crippen molar-refractivity contribution in [3.8, 4) is 0 Å². The molecule has 1 rings (SSSR count). The highest BCUT2D eigenvalue weighted by Gasteiger charge is 2.09. The van der Waals surface area contributed by atoms with Gasteiger partial charge in [0.05, 0.1) is 0 Å². The molecule has 0 spiro atoms. The van der Waals surface area contributed by atoms with Crippen LogP contribution < -0.4 is 5.73 Å². The number of aryl methyl sites for hydroxylation is 1. The number of carbonyl (C=O) groups is 1. The lowest BCUT2D eigenvalue weighted by Crippen LogP contribution is -2.15. The average molecular weight is 225 g/mol. The average Bonchev–Trinajstić information content (AvgIpc) is 2.65. The molecule has 0 aliphatic carbocycles. The van der Waals surface area contributed by atoms with Crippen LogP contribution in [0.1, 0.15) is 30.0 Å². The van der Waals surface area contributed by atoms with Crippen LogP contribution in [0.15, 0.2) is 12.1 Å². The topological polar surface area (TPSA) is 43.1 Å². The first-order chi connectivity index (χ1) is 7.15. The minimum absolute atomic E-state index is 0.303. The Morgan fingerprint density at radius 2 is 2.13 bits per heavy atom. The molecule has 2 nitrogen and oxygen atoms in total. The minimum atomic E-state index is 0.303. The van der Waals surface area contributed by atoms with Crippen LogP contribution in [0.5, 0.6) is 0 Å². The van der Waals surface area contributed by atoms with Gasteiger partial charge in [0.1, 0.15) is 5.78 Å². The molecule has 1 atom stereocenters. The summed E-state index contributed by atoms with van der Waals surface area (Å²) in [5, 5.41) is 0. The van der Waals surface area contributed by atoms with E-state index in [1.54, 1.807) is 11.3 Å². The van der Waals surface area contributed by atoms with Gasteiger partial charge in [0.2, 0.25) is 0 Å². The standard InChI is InChI=1S/C12H19NOS/c1-3-11-4-5-12(15-11)7-10(14)6-9(2)8-13/h4-5,9H,3,6-8,13H2,1-2H3. The lowest BCUT2D eigenvalue weighted by molar-refractivity contribution is -0.119. The lowest BCUT2D eigenvalue weighted by atomic mass is 10.0. The summed E-state index contributed by atoms with van der Waals surface area (Å²) in [6, 6.07) is 4.17. The molecule has 0 aromatic carbocycles. The van der Waals surface area contributed by atoms with Crippen LogP contribution in [0.2, 0.25) is 0 Å². The summed E-state index contributed by atoms with van der Waals surface area (Å²) in [4.78, 5) is 14.2. The Morgan fingerprint density at radius 1 is 1.47 bits per heavy atom. The number of hydrogen-bond donors (Lipinski definition) is 1. The first-order valence-electron chi connectivity index (χ1n) is 5.45. The third-order valence-corrected chi connectivity index (χ3v) is 3.65. The van der Waals surface area contributed by atoms with E-state index >= 15 is 0 Å². The molecule has 0 bridgehead atoms. The van der Waals surface area contributed by atoms with Crippen molar-refractivity contribution in [3.63, 3.8) is 0 Å². The number of thiophene rings is 1. The molecule has 0 aliphatic rings. The van der Waals surface area contributed by atoms with Gasteiger partial charge in [-0.2, -0.15) is 0 Å². The van der Waals surface area contributed by atoms with Gasteiger partial charge in [-0.05, 0) is 31.0 Å². The van der Waals surface area contributed by atoms with Crippen LogP contribution in [0.25, 0.3) is 0 Å². The van der Waals surface area contributed by atoms with Crippen molar-refractivity contribution in [1.29, 1.82) is 0 Å². The lowest BCUT2D eigenvalue weighted by Gasteiger charge is -2.05. The second-order valence-corrected chi connectivity index (χ2v) is 5.23. The Hall–Kier alpha value is -0.670. The van der Waals surface area contributed by atoms with Crippen LogP contribution >= 0.6 is 11.3 Å². The Labute approximate surface area is 95.5 Å². The monoisotopic (exact) mass is 225 g/mol. The maximum atomic E-state index is 11.6. The molecule has 3 heteroatoms. The van der Waals surface area contributed by atoms with Gasteiger partial charge >= 0.3 is 0 Å². The summed E-state index contributed by atoms with van der Waals surface area (Å²) in [5.74, 6) is 0.612. The van der Waals surface area contributed by atoms with E-state index in [4.69, 9.17) is 5.73 Å². The molecule has 1 unspecified atom stereocenters. The van der Waals surface area contributed by atoms with E-state index in [0.29, 0.717) is 31.1 Å². The van der Waals surface area contributed by atoms with Crippen molar-refractivity contribution in [2.75, 3.05) is 6.54 Å². The molecule has 0 saturated heterocycles. The maximum absolute atomic E-state index is 11.6. The summed E-state index contributed by atoms with van der Waals surface area (Å²) in [5.41, 5.74) is 5.49. The number of Topliss-reactive ketones (excluding diaryl/α,β-unsaturated/α-hetero) is 1. The molecule has 2 N–H and O–H groups in total. The van der Waals surface area contributed by atoms with E-state index < -0.39 is 0 Å². The molecule has 15 heavy (non-hydrogen) atoms. The summed E-state index contributed by atoms with van der Waals surface area (Å²) >= 11 is 1.74. The van der Waals surface area contributed by atoms with Crippen LogP contribution in [-0.2, 0) is 17.6 Å². The quantitative estimate of drug-likeness (QED) is 0.808. The molecule has 1 heterocycles. The summed E-state index contributed by atoms with van der Waals surface area (Å²) in [6.07, 6.45) is 2.24. The van der Waals surface area contributed by atoms with Crippen LogP contribution in [0, 0.1) is 5.92 Å². The predicted octanol–water partition coefficient (Wildman–Crippen LogP) is 2.41. The predicted molar refractivity (Wildman–Crippen MR) is 65.2 cm³/mol. The van der Waals surface area contributed by atoms with Crippen molar-refractivity contribution >= 4 is 17.1 Å². The molecule has 0 radical (unpaired) electrons. The van der Waals surface area contributed by atoms with E-state index in [9.17, 15) is 4.79 Å². The van der Waals surface area contributed by atoms with Gasteiger partial charge in [0.25, 0.3) is 0 Å². The van der Waals surface area contributed by atoms with Crippen molar-refractivity contribution in [3.05, 3.63) is 21.9 Å². The number of rotatable bonds is 6. The van der Waals surface area contributed by atoms with Crippen molar-refractivity contribution in [2.45, 2.75) is 33.1 Å². The largest absolute Gasteiger partial charge is 0.330 e. The maximum Gasteiger partial charge on any atom is 0.138 e. The zero-order chi connectivity index (χ0) is 11.3. The Morgan fingerprint density at radius 3 is 2.67 bits per heavy atom. The molecule has 0 aliphatic heterocycles. The van der Waals surface area contributed by atoms with Crippen LogP contribution in [0.4, 0.5) is 0 Å². The van der Waals surface area contributed by atoms with E-state index in [-0.39, 0.29) is 0 Å². The number of ketones is 1. The van der Waals surface area contributed by atoms with E-state index in [1.807, 2.05) is 6.92 Å². The SMILES string of the molecule is CCc1ccc(CC(=O)CC(C)CN)s1. The zero-order valence-electron chi connectivity index (χ0n) is 9.45. The Bertz CT molecular complexity index is 319. The van der Waals surface area contributed by atoms with E-state index in [1.165, 1.54) is 9.75 Å². The minimum Gasteiger partial charge on any atom is -0.330 e. The van der Waals surface area contributed by atoms with Gasteiger partial charge in [-0.1, -0.05) is 13.8 Å². The molecule has 1 aromatic heterocycles. The third kappa shape index (κ3) is 4.14. The van der Waals surface area contributed by atoms with E-state index in [2.05, 4.69) is 19.1 Å². The second kappa shape index (κ2) is 6.03. The van der Waals surface area contributed by atoms with Crippen molar-refractivity contribution < 1.29 is 4.79 Å². The molecule has 1 aromatic rings. The van der Waals surface area contributed by atoms with Crippen LogP contribution in [0.3, 0.4) is 0 Å².